The van der Waals surface area contributed by atoms with E-state index < -0.39 is 0 Å². The van der Waals surface area contributed by atoms with Crippen LogP contribution in [0.5, 0.6) is 0 Å². The van der Waals surface area contributed by atoms with E-state index in [1.165, 1.54) is 141 Å². The van der Waals surface area contributed by atoms with E-state index in [0.717, 1.165) is 19.4 Å². The molecule has 0 aromatic heterocycles. The van der Waals surface area contributed by atoms with Crippen LogP contribution in [0.25, 0.3) is 0 Å². The van der Waals surface area contributed by atoms with Gasteiger partial charge in [-0.2, -0.15) is 0 Å². The fraction of sp³-hybridized carbons (Fsp3) is 1.00. The molecule has 0 aliphatic rings. The van der Waals surface area contributed by atoms with Crippen molar-refractivity contribution in [3.8, 4) is 0 Å². The van der Waals surface area contributed by atoms with Crippen LogP contribution in [0.1, 0.15) is 189 Å². The Kier molecular flexibility index (Phi) is 34.2. The molecule has 4 nitrogen and oxygen atoms in total. The molecule has 0 spiro atoms. The first-order valence-electron chi connectivity index (χ1n) is 17.6. The monoisotopic (exact) mass is 635 g/mol. The summed E-state index contributed by atoms with van der Waals surface area (Å²) in [6, 6.07) is 0. The Labute approximate surface area is 262 Å². The highest BCUT2D eigenvalue weighted by Crippen LogP contribution is 2.15. The topological polar surface area (TPSA) is 50.7 Å². The molecule has 2 atom stereocenters. The van der Waals surface area contributed by atoms with Crippen molar-refractivity contribution in [1.29, 1.82) is 0 Å². The van der Waals surface area contributed by atoms with Gasteiger partial charge in [-0.25, -0.2) is 0 Å². The van der Waals surface area contributed by atoms with E-state index in [1.54, 1.807) is 0 Å². The third kappa shape index (κ3) is 31.3. The summed E-state index contributed by atoms with van der Waals surface area (Å²) < 4.78 is 12.3. The van der Waals surface area contributed by atoms with E-state index in [1.807, 2.05) is 0 Å². The van der Waals surface area contributed by atoms with Crippen LogP contribution in [0.4, 0.5) is 0 Å². The maximum absolute atomic E-state index is 10.0. The predicted octanol–water partition coefficient (Wildman–Crippen LogP) is 11.1. The summed E-state index contributed by atoms with van der Waals surface area (Å²) in [6.07, 6.45) is 31.7. The molecule has 0 rings (SSSR count). The van der Waals surface area contributed by atoms with Crippen molar-refractivity contribution >= 4 is 17.0 Å². The van der Waals surface area contributed by atoms with E-state index in [-0.39, 0.29) is 41.5 Å². The van der Waals surface area contributed by atoms with Crippen molar-refractivity contribution in [3.05, 3.63) is 0 Å². The molecule has 244 valence electrons. The highest BCUT2D eigenvalue weighted by atomic mass is 79.9. The number of halogens is 1. The Morgan fingerprint density at radius 2 is 0.800 bits per heavy atom. The number of hydrogen-bond acceptors (Lipinski definition) is 4. The highest BCUT2D eigenvalue weighted by molar-refractivity contribution is 8.93. The normalized spacial score (nSPS) is 13.3. The van der Waals surface area contributed by atoms with Gasteiger partial charge in [0.2, 0.25) is 0 Å². The number of rotatable bonds is 31. The van der Waals surface area contributed by atoms with Gasteiger partial charge in [-0.1, -0.05) is 155 Å². The number of hydrogen-bond donors (Lipinski definition) is 2. The van der Waals surface area contributed by atoms with E-state index >= 15 is 0 Å². The fourth-order valence-electron chi connectivity index (χ4n) is 5.24. The van der Waals surface area contributed by atoms with Crippen LogP contribution < -0.4 is 5.32 Å². The maximum Gasteiger partial charge on any atom is 0.137 e. The van der Waals surface area contributed by atoms with Crippen LogP contribution in [0, 0.1) is 0 Å². The molecule has 0 heterocycles. The van der Waals surface area contributed by atoms with E-state index in [4.69, 9.17) is 9.47 Å². The maximum atomic E-state index is 10.0. The second-order valence-corrected chi connectivity index (χ2v) is 13.1. The zero-order valence-corrected chi connectivity index (χ0v) is 29.6. The lowest BCUT2D eigenvalue weighted by molar-refractivity contribution is -0.114. The Morgan fingerprint density at radius 1 is 0.500 bits per heavy atom. The summed E-state index contributed by atoms with van der Waals surface area (Å²) in [4.78, 5) is 0. The van der Waals surface area contributed by atoms with Crippen molar-refractivity contribution in [2.45, 2.75) is 207 Å². The van der Waals surface area contributed by atoms with Gasteiger partial charge < -0.3 is 14.6 Å². The predicted molar refractivity (Wildman–Crippen MR) is 182 cm³/mol. The lowest BCUT2D eigenvalue weighted by Crippen LogP contribution is -2.53. The minimum atomic E-state index is -0.311. The standard InChI is InChI=1S/C35H73NO3.BrH/c1-6-8-10-12-14-16-18-20-22-24-26-28-30-38-33(32-37)34(36-35(3,4)5)39-31-29-27-25-23-21-19-17-15-13-11-9-7-2;/h33-34,36-37H,6-32H2,1-5H3;1H. The van der Waals surface area contributed by atoms with Crippen molar-refractivity contribution in [2.75, 3.05) is 19.8 Å². The van der Waals surface area contributed by atoms with Crippen LogP contribution >= 0.6 is 17.0 Å². The van der Waals surface area contributed by atoms with Gasteiger partial charge >= 0.3 is 0 Å². The second-order valence-electron chi connectivity index (χ2n) is 13.1. The van der Waals surface area contributed by atoms with Gasteiger partial charge in [0.05, 0.1) is 6.61 Å². The quantitative estimate of drug-likeness (QED) is 0.0587. The number of unbranched alkanes of at least 4 members (excludes halogenated alkanes) is 22. The summed E-state index contributed by atoms with van der Waals surface area (Å²) in [7, 11) is 0. The molecular formula is C35H74BrNO3. The molecule has 0 bridgehead atoms. The van der Waals surface area contributed by atoms with E-state index in [0.29, 0.717) is 6.61 Å². The van der Waals surface area contributed by atoms with Gasteiger partial charge in [0.25, 0.3) is 0 Å². The minimum absolute atomic E-state index is 0. The second kappa shape index (κ2) is 32.2. The number of aliphatic hydroxyl groups is 1. The molecule has 0 radical (unpaired) electrons. The molecule has 0 aliphatic carbocycles. The van der Waals surface area contributed by atoms with Gasteiger partial charge in [-0.3, -0.25) is 5.32 Å². The van der Waals surface area contributed by atoms with E-state index in [2.05, 4.69) is 39.9 Å². The highest BCUT2D eigenvalue weighted by Gasteiger charge is 2.26. The van der Waals surface area contributed by atoms with Crippen LogP contribution in [0.2, 0.25) is 0 Å². The Bertz CT molecular complexity index is 472. The first-order chi connectivity index (χ1) is 18.9. The van der Waals surface area contributed by atoms with E-state index in [9.17, 15) is 5.11 Å². The average Bonchev–Trinajstić information content (AvgIpc) is 2.90. The van der Waals surface area contributed by atoms with Crippen LogP contribution in [-0.4, -0.2) is 42.8 Å². The first kappa shape index (κ1) is 42.5. The fourth-order valence-corrected chi connectivity index (χ4v) is 5.24. The smallest absolute Gasteiger partial charge is 0.137 e. The van der Waals surface area contributed by atoms with Gasteiger partial charge in [0.15, 0.2) is 0 Å². The van der Waals surface area contributed by atoms with Crippen molar-refractivity contribution in [2.24, 2.45) is 0 Å². The van der Waals surface area contributed by atoms with Crippen LogP contribution in [0.15, 0.2) is 0 Å². The summed E-state index contributed by atoms with van der Waals surface area (Å²) in [5.41, 5.74) is -0.0893. The molecule has 0 amide bonds. The molecular weight excluding hydrogens is 562 g/mol. The summed E-state index contributed by atoms with van der Waals surface area (Å²) >= 11 is 0. The number of ether oxygens (including phenoxy) is 2. The van der Waals surface area contributed by atoms with Gasteiger partial charge in [-0.15, -0.1) is 17.0 Å². The third-order valence-corrected chi connectivity index (χ3v) is 7.72. The molecule has 0 saturated carbocycles. The molecule has 5 heteroatoms. The van der Waals surface area contributed by atoms with Crippen molar-refractivity contribution < 1.29 is 14.6 Å². The first-order valence-corrected chi connectivity index (χ1v) is 17.6. The van der Waals surface area contributed by atoms with Gasteiger partial charge in [0.1, 0.15) is 12.3 Å². The molecule has 2 N–H and O–H groups in total. The van der Waals surface area contributed by atoms with Crippen LogP contribution in [0.3, 0.4) is 0 Å². The Hall–Kier alpha value is 0.320. The molecule has 0 aliphatic heterocycles. The Balaban J connectivity index is 0. The molecule has 0 aromatic carbocycles. The van der Waals surface area contributed by atoms with Crippen molar-refractivity contribution in [1.82, 2.24) is 5.32 Å². The average molecular weight is 637 g/mol. The number of nitrogens with one attached hydrogen (secondary N) is 1. The SMILES string of the molecule is Br.CCCCCCCCCCCCCCOC(CO)C(NC(C)(C)C)OCCCCCCCCCCCCCC. The van der Waals surface area contributed by atoms with Crippen molar-refractivity contribution in [3.63, 3.8) is 0 Å². The zero-order valence-electron chi connectivity index (χ0n) is 27.9. The molecule has 40 heavy (non-hydrogen) atoms. The van der Waals surface area contributed by atoms with Gasteiger partial charge in [0, 0.05) is 18.8 Å². The molecule has 0 aromatic rings. The zero-order chi connectivity index (χ0) is 28.9. The minimum Gasteiger partial charge on any atom is -0.394 e. The van der Waals surface area contributed by atoms with Gasteiger partial charge in [-0.05, 0) is 33.6 Å². The molecule has 0 saturated heterocycles. The lowest BCUT2D eigenvalue weighted by atomic mass is 10.1. The lowest BCUT2D eigenvalue weighted by Gasteiger charge is -2.33. The Morgan fingerprint density at radius 3 is 1.10 bits per heavy atom. The summed E-state index contributed by atoms with van der Waals surface area (Å²) in [6.45, 7) is 12.4. The largest absolute Gasteiger partial charge is 0.394 e. The summed E-state index contributed by atoms with van der Waals surface area (Å²) in [5, 5.41) is 13.6. The summed E-state index contributed by atoms with van der Waals surface area (Å²) in [5.74, 6) is 0. The molecule has 2 unspecified atom stereocenters. The van der Waals surface area contributed by atoms with Crippen LogP contribution in [-0.2, 0) is 9.47 Å². The molecule has 0 fully saturated rings. The third-order valence-electron chi connectivity index (χ3n) is 7.72. The number of aliphatic hydroxyl groups excluding tert-OH is 1.